The zero-order valence-electron chi connectivity index (χ0n) is 20.7. The van der Waals surface area contributed by atoms with Gasteiger partial charge in [-0.25, -0.2) is 18.7 Å². The molecule has 1 aromatic carbocycles. The Kier molecular flexibility index (Phi) is 5.37. The third-order valence-corrected chi connectivity index (χ3v) is 8.05. The standard InChI is InChI=1S/C27H30F2N6O/c1-4-16-13-34(14(2)23(16)30)27(36)18-8-20(29)24-21(9-18)32-26(33(24)3)22-10-17-7-19(28)11-31-25(17)35(22)12-15-5-6-15/h7-11,14-16,23H,4-6,12-13,30H2,1-3H3/t14-,16?,23+/m1/s1. The Labute approximate surface area is 207 Å². The highest BCUT2D eigenvalue weighted by Crippen LogP contribution is 2.36. The van der Waals surface area contributed by atoms with Crippen LogP contribution in [0.15, 0.2) is 30.5 Å². The van der Waals surface area contributed by atoms with Crippen LogP contribution in [-0.2, 0) is 13.6 Å². The van der Waals surface area contributed by atoms with Crippen molar-refractivity contribution in [1.82, 2.24) is 24.0 Å². The molecule has 0 bridgehead atoms. The molecule has 3 aromatic heterocycles. The number of amides is 1. The molecule has 36 heavy (non-hydrogen) atoms. The lowest BCUT2D eigenvalue weighted by Crippen LogP contribution is -2.41. The van der Waals surface area contributed by atoms with Crippen LogP contribution < -0.4 is 5.73 Å². The summed E-state index contributed by atoms with van der Waals surface area (Å²) in [5.41, 5.74) is 8.76. The van der Waals surface area contributed by atoms with Crippen LogP contribution >= 0.6 is 0 Å². The number of benzene rings is 1. The van der Waals surface area contributed by atoms with Crippen LogP contribution in [0.2, 0.25) is 0 Å². The molecule has 1 saturated carbocycles. The van der Waals surface area contributed by atoms with Gasteiger partial charge in [0.2, 0.25) is 0 Å². The SMILES string of the molecule is CCC1CN(C(=O)c2cc(F)c3c(c2)nc(-c2cc4cc(F)cnc4n2CC2CC2)n3C)[C@H](C)[C@@H]1N. The number of fused-ring (bicyclic) bond motifs is 2. The molecule has 1 amide bonds. The molecular weight excluding hydrogens is 462 g/mol. The number of carbonyl (C=O) groups is 1. The minimum atomic E-state index is -0.505. The number of aryl methyl sites for hydroxylation is 1. The molecule has 4 heterocycles. The molecule has 3 atom stereocenters. The first-order valence-electron chi connectivity index (χ1n) is 12.6. The maximum atomic E-state index is 15.5. The van der Waals surface area contributed by atoms with E-state index in [0.29, 0.717) is 40.4 Å². The van der Waals surface area contributed by atoms with Gasteiger partial charge < -0.3 is 19.8 Å². The van der Waals surface area contributed by atoms with Crippen molar-refractivity contribution in [2.24, 2.45) is 24.6 Å². The van der Waals surface area contributed by atoms with Gasteiger partial charge in [-0.2, -0.15) is 0 Å². The molecule has 1 saturated heterocycles. The van der Waals surface area contributed by atoms with Crippen molar-refractivity contribution in [2.45, 2.75) is 51.7 Å². The summed E-state index contributed by atoms with van der Waals surface area (Å²) < 4.78 is 33.1. The number of hydrogen-bond acceptors (Lipinski definition) is 4. The summed E-state index contributed by atoms with van der Waals surface area (Å²) in [7, 11) is 1.76. The van der Waals surface area contributed by atoms with Crippen LogP contribution in [0.1, 0.15) is 43.5 Å². The Bertz CT molecular complexity index is 1500. The molecule has 0 radical (unpaired) electrons. The quantitative estimate of drug-likeness (QED) is 0.446. The molecule has 1 aliphatic carbocycles. The summed E-state index contributed by atoms with van der Waals surface area (Å²) >= 11 is 0. The number of aromatic nitrogens is 4. The predicted molar refractivity (Wildman–Crippen MR) is 134 cm³/mol. The predicted octanol–water partition coefficient (Wildman–Crippen LogP) is 4.48. The highest BCUT2D eigenvalue weighted by molar-refractivity contribution is 5.98. The highest BCUT2D eigenvalue weighted by Gasteiger charge is 2.39. The van der Waals surface area contributed by atoms with Crippen molar-refractivity contribution in [3.8, 4) is 11.5 Å². The van der Waals surface area contributed by atoms with Crippen LogP contribution in [0.5, 0.6) is 0 Å². The van der Waals surface area contributed by atoms with E-state index in [1.54, 1.807) is 22.6 Å². The van der Waals surface area contributed by atoms with E-state index in [2.05, 4.69) is 16.5 Å². The fourth-order valence-corrected chi connectivity index (χ4v) is 5.67. The first kappa shape index (κ1) is 23.1. The van der Waals surface area contributed by atoms with Crippen molar-refractivity contribution in [1.29, 1.82) is 0 Å². The maximum Gasteiger partial charge on any atom is 0.254 e. The normalized spacial score (nSPS) is 22.3. The molecule has 2 fully saturated rings. The average Bonchev–Trinajstić information content (AvgIpc) is 3.43. The second-order valence-corrected chi connectivity index (χ2v) is 10.4. The number of rotatable bonds is 5. The molecule has 2 aliphatic rings. The molecule has 188 valence electrons. The number of nitrogens with zero attached hydrogens (tertiary/aromatic N) is 5. The zero-order valence-corrected chi connectivity index (χ0v) is 20.7. The van der Waals surface area contributed by atoms with Crippen molar-refractivity contribution in [3.05, 3.63) is 47.7 Å². The van der Waals surface area contributed by atoms with Gasteiger partial charge in [0.1, 0.15) is 22.8 Å². The fraction of sp³-hybridized carbons (Fsp3) is 0.444. The Morgan fingerprint density at radius 3 is 2.67 bits per heavy atom. The Hall–Kier alpha value is -3.33. The number of nitrogens with two attached hydrogens (primary N) is 1. The average molecular weight is 493 g/mol. The van der Waals surface area contributed by atoms with Crippen LogP contribution in [0.3, 0.4) is 0 Å². The number of likely N-dealkylation sites (tertiary alicyclic amines) is 1. The van der Waals surface area contributed by atoms with Crippen LogP contribution in [0.25, 0.3) is 33.6 Å². The van der Waals surface area contributed by atoms with Crippen molar-refractivity contribution < 1.29 is 13.6 Å². The van der Waals surface area contributed by atoms with Gasteiger partial charge in [-0.1, -0.05) is 13.3 Å². The molecule has 6 rings (SSSR count). The van der Waals surface area contributed by atoms with Crippen molar-refractivity contribution in [2.75, 3.05) is 6.54 Å². The number of halogens is 2. The van der Waals surface area contributed by atoms with Gasteiger partial charge in [0, 0.05) is 43.2 Å². The van der Waals surface area contributed by atoms with E-state index in [9.17, 15) is 9.18 Å². The summed E-state index contributed by atoms with van der Waals surface area (Å²) in [5, 5.41) is 0.680. The topological polar surface area (TPSA) is 82.0 Å². The van der Waals surface area contributed by atoms with E-state index < -0.39 is 11.6 Å². The van der Waals surface area contributed by atoms with Crippen LogP contribution in [0, 0.1) is 23.5 Å². The molecule has 1 unspecified atom stereocenters. The molecule has 0 spiro atoms. The summed E-state index contributed by atoms with van der Waals surface area (Å²) in [6, 6.07) is 6.06. The van der Waals surface area contributed by atoms with Crippen molar-refractivity contribution in [3.63, 3.8) is 0 Å². The fourth-order valence-electron chi connectivity index (χ4n) is 5.67. The minimum Gasteiger partial charge on any atom is -0.334 e. The van der Waals surface area contributed by atoms with Crippen molar-refractivity contribution >= 4 is 28.0 Å². The smallest absolute Gasteiger partial charge is 0.254 e. The molecule has 4 aromatic rings. The molecule has 1 aliphatic heterocycles. The van der Waals surface area contributed by atoms with Gasteiger partial charge >= 0.3 is 0 Å². The molecule has 9 heteroatoms. The number of hydrogen-bond donors (Lipinski definition) is 1. The largest absolute Gasteiger partial charge is 0.334 e. The van der Waals surface area contributed by atoms with Gasteiger partial charge in [-0.05, 0) is 55.9 Å². The number of carbonyl (C=O) groups excluding carboxylic acids is 1. The van der Waals surface area contributed by atoms with Gasteiger partial charge in [0.05, 0.1) is 17.4 Å². The van der Waals surface area contributed by atoms with E-state index in [-0.39, 0.29) is 29.5 Å². The van der Waals surface area contributed by atoms with E-state index >= 15 is 4.39 Å². The number of imidazole rings is 1. The lowest BCUT2D eigenvalue weighted by molar-refractivity contribution is 0.0739. The lowest BCUT2D eigenvalue weighted by atomic mass is 9.98. The van der Waals surface area contributed by atoms with E-state index in [4.69, 9.17) is 10.7 Å². The summed E-state index contributed by atoms with van der Waals surface area (Å²) in [6.07, 6.45) is 4.39. The van der Waals surface area contributed by atoms with E-state index in [0.717, 1.165) is 31.5 Å². The molecular formula is C27H30F2N6O. The molecule has 7 nitrogen and oxygen atoms in total. The Morgan fingerprint density at radius 2 is 1.97 bits per heavy atom. The summed E-state index contributed by atoms with van der Waals surface area (Å²) in [6.45, 7) is 5.33. The second-order valence-electron chi connectivity index (χ2n) is 10.4. The van der Waals surface area contributed by atoms with E-state index in [1.807, 2.05) is 13.0 Å². The van der Waals surface area contributed by atoms with Gasteiger partial charge in [-0.3, -0.25) is 4.79 Å². The zero-order chi connectivity index (χ0) is 25.3. The third-order valence-electron chi connectivity index (χ3n) is 8.05. The van der Waals surface area contributed by atoms with Crippen LogP contribution in [0.4, 0.5) is 8.78 Å². The monoisotopic (exact) mass is 492 g/mol. The van der Waals surface area contributed by atoms with Gasteiger partial charge in [-0.15, -0.1) is 0 Å². The minimum absolute atomic E-state index is 0.0965. The first-order valence-corrected chi connectivity index (χ1v) is 12.6. The van der Waals surface area contributed by atoms with Gasteiger partial charge in [0.15, 0.2) is 5.82 Å². The Morgan fingerprint density at radius 1 is 1.19 bits per heavy atom. The van der Waals surface area contributed by atoms with Gasteiger partial charge in [0.25, 0.3) is 5.91 Å². The maximum absolute atomic E-state index is 15.5. The summed E-state index contributed by atoms with van der Waals surface area (Å²) in [4.78, 5) is 24.2. The Balaban J connectivity index is 1.44. The number of pyridine rings is 1. The molecule has 2 N–H and O–H groups in total. The highest BCUT2D eigenvalue weighted by atomic mass is 19.1. The third kappa shape index (κ3) is 3.59. The first-order chi connectivity index (χ1) is 17.3. The van der Waals surface area contributed by atoms with E-state index in [1.165, 1.54) is 18.3 Å². The lowest BCUT2D eigenvalue weighted by Gasteiger charge is -2.23. The summed E-state index contributed by atoms with van der Waals surface area (Å²) in [5.74, 6) is 0.181. The second kappa shape index (κ2) is 8.37. The van der Waals surface area contributed by atoms with Crippen LogP contribution in [-0.4, -0.2) is 48.5 Å².